The Balaban J connectivity index is 2.38. The van der Waals surface area contributed by atoms with Crippen LogP contribution >= 0.6 is 0 Å². The maximum atomic E-state index is 12.4. The van der Waals surface area contributed by atoms with E-state index in [1.807, 2.05) is 14.0 Å². The van der Waals surface area contributed by atoms with E-state index in [1.54, 1.807) is 4.90 Å². The van der Waals surface area contributed by atoms with E-state index in [-0.39, 0.29) is 5.91 Å². The van der Waals surface area contributed by atoms with Crippen molar-refractivity contribution in [1.82, 2.24) is 14.7 Å². The van der Waals surface area contributed by atoms with Gasteiger partial charge in [-0.2, -0.15) is 0 Å². The summed E-state index contributed by atoms with van der Waals surface area (Å²) in [5, 5.41) is 0. The molecule has 1 amide bonds. The highest BCUT2D eigenvalue weighted by molar-refractivity contribution is 5.85. The van der Waals surface area contributed by atoms with Crippen molar-refractivity contribution in [2.24, 2.45) is 5.73 Å². The molecule has 1 rings (SSSR count). The van der Waals surface area contributed by atoms with Crippen LogP contribution in [-0.2, 0) is 4.79 Å². The van der Waals surface area contributed by atoms with Crippen molar-refractivity contribution < 1.29 is 4.79 Å². The van der Waals surface area contributed by atoms with Crippen LogP contribution in [0.15, 0.2) is 0 Å². The molecule has 21 heavy (non-hydrogen) atoms. The summed E-state index contributed by atoms with van der Waals surface area (Å²) in [6.07, 6.45) is 4.10. The summed E-state index contributed by atoms with van der Waals surface area (Å²) in [6.45, 7) is 7.90. The number of nitrogens with zero attached hydrogens (tertiary/aromatic N) is 3. The highest BCUT2D eigenvalue weighted by Crippen LogP contribution is 2.15. The zero-order chi connectivity index (χ0) is 16.0. The van der Waals surface area contributed by atoms with Crippen LogP contribution in [-0.4, -0.2) is 79.5 Å². The summed E-state index contributed by atoms with van der Waals surface area (Å²) >= 11 is 0. The number of likely N-dealkylation sites (N-methyl/N-ethyl adjacent to an activating group) is 2. The van der Waals surface area contributed by atoms with Crippen molar-refractivity contribution in [2.45, 2.75) is 51.1 Å². The average molecular weight is 298 g/mol. The number of hydrogen-bond donors (Lipinski definition) is 1. The van der Waals surface area contributed by atoms with Gasteiger partial charge in [-0.3, -0.25) is 4.79 Å². The topological polar surface area (TPSA) is 52.8 Å². The van der Waals surface area contributed by atoms with E-state index in [9.17, 15) is 4.79 Å². The van der Waals surface area contributed by atoms with Gasteiger partial charge in [0.2, 0.25) is 5.91 Å². The summed E-state index contributed by atoms with van der Waals surface area (Å²) < 4.78 is 0. The minimum Gasteiger partial charge on any atom is -0.343 e. The Morgan fingerprint density at radius 3 is 2.38 bits per heavy atom. The Labute approximate surface area is 130 Å². The molecule has 0 aromatic heterocycles. The van der Waals surface area contributed by atoms with Crippen molar-refractivity contribution in [3.8, 4) is 0 Å². The smallest absolute Gasteiger partial charge is 0.242 e. The molecule has 1 unspecified atom stereocenters. The van der Waals surface area contributed by atoms with Gasteiger partial charge in [0.1, 0.15) is 0 Å². The summed E-state index contributed by atoms with van der Waals surface area (Å²) in [5.41, 5.74) is 5.40. The Morgan fingerprint density at radius 1 is 1.29 bits per heavy atom. The Bertz CT molecular complexity index is 324. The van der Waals surface area contributed by atoms with Crippen LogP contribution in [0, 0.1) is 0 Å². The van der Waals surface area contributed by atoms with Gasteiger partial charge in [0.05, 0.1) is 5.54 Å². The highest BCUT2D eigenvalue weighted by Gasteiger charge is 2.30. The first-order valence-corrected chi connectivity index (χ1v) is 8.21. The predicted octanol–water partition coefficient (Wildman–Crippen LogP) is 0.988. The summed E-state index contributed by atoms with van der Waals surface area (Å²) in [4.78, 5) is 18.9. The lowest BCUT2D eigenvalue weighted by molar-refractivity contribution is -0.135. The summed E-state index contributed by atoms with van der Waals surface area (Å²) in [6, 6.07) is 0.643. The molecule has 0 spiro atoms. The molecular formula is C16H34N4O. The first-order chi connectivity index (χ1) is 9.77. The van der Waals surface area contributed by atoms with Gasteiger partial charge in [-0.25, -0.2) is 0 Å². The standard InChI is InChI=1S/C16H34N4O/c1-6-9-16(2,17)15(21)20(5)13-12-19(4)14-7-10-18(3)11-8-14/h14H,6-13,17H2,1-5H3. The van der Waals surface area contributed by atoms with Crippen LogP contribution in [0.4, 0.5) is 0 Å². The number of piperidine rings is 1. The molecule has 1 aliphatic heterocycles. The van der Waals surface area contributed by atoms with Crippen LogP contribution in [0.3, 0.4) is 0 Å². The minimum atomic E-state index is -0.727. The molecule has 0 saturated carbocycles. The van der Waals surface area contributed by atoms with Gasteiger partial charge in [0.25, 0.3) is 0 Å². The molecule has 0 radical (unpaired) electrons. The molecule has 0 bridgehead atoms. The number of rotatable bonds is 7. The molecular weight excluding hydrogens is 264 g/mol. The second-order valence-corrected chi connectivity index (χ2v) is 6.91. The third-order valence-electron chi connectivity index (χ3n) is 4.70. The van der Waals surface area contributed by atoms with E-state index in [4.69, 9.17) is 5.73 Å². The molecule has 1 atom stereocenters. The largest absolute Gasteiger partial charge is 0.343 e. The zero-order valence-electron chi connectivity index (χ0n) is 14.6. The van der Waals surface area contributed by atoms with Gasteiger partial charge in [-0.1, -0.05) is 13.3 Å². The fourth-order valence-electron chi connectivity index (χ4n) is 3.09. The van der Waals surface area contributed by atoms with Crippen molar-refractivity contribution >= 4 is 5.91 Å². The number of amides is 1. The van der Waals surface area contributed by atoms with Crippen LogP contribution in [0.2, 0.25) is 0 Å². The molecule has 1 fully saturated rings. The molecule has 124 valence electrons. The van der Waals surface area contributed by atoms with Gasteiger partial charge < -0.3 is 20.4 Å². The molecule has 1 heterocycles. The van der Waals surface area contributed by atoms with E-state index in [2.05, 4.69) is 30.8 Å². The van der Waals surface area contributed by atoms with Gasteiger partial charge in [-0.15, -0.1) is 0 Å². The zero-order valence-corrected chi connectivity index (χ0v) is 14.6. The summed E-state index contributed by atoms with van der Waals surface area (Å²) in [7, 11) is 6.21. The van der Waals surface area contributed by atoms with Crippen LogP contribution < -0.4 is 5.73 Å². The Morgan fingerprint density at radius 2 is 1.86 bits per heavy atom. The van der Waals surface area contributed by atoms with E-state index >= 15 is 0 Å². The molecule has 1 saturated heterocycles. The Hall–Kier alpha value is -0.650. The number of nitrogens with two attached hydrogens (primary N) is 1. The van der Waals surface area contributed by atoms with Gasteiger partial charge in [0.15, 0.2) is 0 Å². The van der Waals surface area contributed by atoms with Crippen LogP contribution in [0.25, 0.3) is 0 Å². The summed E-state index contributed by atoms with van der Waals surface area (Å²) in [5.74, 6) is 0.0566. The first-order valence-electron chi connectivity index (χ1n) is 8.21. The van der Waals surface area contributed by atoms with E-state index < -0.39 is 5.54 Å². The second-order valence-electron chi connectivity index (χ2n) is 6.91. The lowest BCUT2D eigenvalue weighted by atomic mass is 9.96. The molecule has 5 nitrogen and oxygen atoms in total. The van der Waals surface area contributed by atoms with Crippen molar-refractivity contribution in [3.63, 3.8) is 0 Å². The van der Waals surface area contributed by atoms with Gasteiger partial charge in [0, 0.05) is 26.2 Å². The quantitative estimate of drug-likeness (QED) is 0.761. The molecule has 0 aromatic rings. The second kappa shape index (κ2) is 8.11. The first kappa shape index (κ1) is 18.4. The normalized spacial score (nSPS) is 20.5. The van der Waals surface area contributed by atoms with Crippen molar-refractivity contribution in [3.05, 3.63) is 0 Å². The minimum absolute atomic E-state index is 0.0566. The van der Waals surface area contributed by atoms with Gasteiger partial charge in [-0.05, 0) is 53.4 Å². The van der Waals surface area contributed by atoms with Crippen molar-refractivity contribution in [2.75, 3.05) is 47.3 Å². The maximum absolute atomic E-state index is 12.4. The lowest BCUT2D eigenvalue weighted by Gasteiger charge is -2.36. The predicted molar refractivity (Wildman–Crippen MR) is 88.3 cm³/mol. The van der Waals surface area contributed by atoms with E-state index in [0.717, 1.165) is 25.9 Å². The Kier molecular flexibility index (Phi) is 7.10. The SMILES string of the molecule is CCCC(C)(N)C(=O)N(C)CCN(C)C1CCN(C)CC1. The molecule has 0 aromatic carbocycles. The number of carbonyl (C=O) groups excluding carboxylic acids is 1. The maximum Gasteiger partial charge on any atom is 0.242 e. The molecule has 1 aliphatic rings. The fraction of sp³-hybridized carbons (Fsp3) is 0.938. The third kappa shape index (κ3) is 5.57. The van der Waals surface area contributed by atoms with Gasteiger partial charge >= 0.3 is 0 Å². The number of hydrogen-bond acceptors (Lipinski definition) is 4. The van der Waals surface area contributed by atoms with E-state index in [1.165, 1.54) is 25.9 Å². The molecule has 2 N–H and O–H groups in total. The van der Waals surface area contributed by atoms with Crippen molar-refractivity contribution in [1.29, 1.82) is 0 Å². The molecule has 5 heteroatoms. The monoisotopic (exact) mass is 298 g/mol. The van der Waals surface area contributed by atoms with Crippen LogP contribution in [0.5, 0.6) is 0 Å². The third-order valence-corrected chi connectivity index (χ3v) is 4.70. The lowest BCUT2D eigenvalue weighted by Crippen LogP contribution is -2.53. The van der Waals surface area contributed by atoms with Crippen LogP contribution in [0.1, 0.15) is 39.5 Å². The number of carbonyl (C=O) groups is 1. The van der Waals surface area contributed by atoms with E-state index in [0.29, 0.717) is 6.04 Å². The average Bonchev–Trinajstić information content (AvgIpc) is 2.44. The molecule has 0 aliphatic carbocycles. The fourth-order valence-corrected chi connectivity index (χ4v) is 3.09. The highest BCUT2D eigenvalue weighted by atomic mass is 16.2. The number of likely N-dealkylation sites (tertiary alicyclic amines) is 1.